The molecule has 1 aliphatic rings. The third-order valence-corrected chi connectivity index (χ3v) is 3.06. The molecule has 1 aliphatic heterocycles. The zero-order valence-corrected chi connectivity index (χ0v) is 10.1. The van der Waals surface area contributed by atoms with E-state index in [0.29, 0.717) is 11.3 Å². The van der Waals surface area contributed by atoms with Crippen LogP contribution in [0.4, 0.5) is 5.69 Å². The molecule has 3 heteroatoms. The fourth-order valence-electron chi connectivity index (χ4n) is 2.22. The molecule has 1 amide bonds. The van der Waals surface area contributed by atoms with Crippen LogP contribution in [0.2, 0.25) is 0 Å². The van der Waals surface area contributed by atoms with E-state index in [1.54, 1.807) is 24.1 Å². The first-order valence-corrected chi connectivity index (χ1v) is 5.74. The summed E-state index contributed by atoms with van der Waals surface area (Å²) in [5.74, 6) is -0.0295. The van der Waals surface area contributed by atoms with Gasteiger partial charge in [0.05, 0.1) is 11.2 Å². The molecule has 1 aromatic carbocycles. The summed E-state index contributed by atoms with van der Waals surface area (Å²) in [5.41, 5.74) is 3.00. The van der Waals surface area contributed by atoms with E-state index in [0.717, 1.165) is 16.6 Å². The van der Waals surface area contributed by atoms with Crippen molar-refractivity contribution in [1.29, 1.82) is 0 Å². The summed E-state index contributed by atoms with van der Waals surface area (Å²) in [7, 11) is 0. The van der Waals surface area contributed by atoms with Crippen molar-refractivity contribution in [2.45, 2.75) is 6.92 Å². The molecule has 0 fully saturated rings. The smallest absolute Gasteiger partial charge is 0.258 e. The molecule has 3 rings (SSSR count). The van der Waals surface area contributed by atoms with Crippen molar-refractivity contribution in [2.24, 2.45) is 0 Å². The monoisotopic (exact) mass is 236 g/mol. The Hall–Kier alpha value is -2.42. The summed E-state index contributed by atoms with van der Waals surface area (Å²) >= 11 is 0. The maximum atomic E-state index is 12.1. The van der Waals surface area contributed by atoms with Crippen LogP contribution in [0.25, 0.3) is 10.9 Å². The lowest BCUT2D eigenvalue weighted by atomic mass is 10.1. The first-order chi connectivity index (χ1) is 8.68. The Kier molecular flexibility index (Phi) is 2.27. The van der Waals surface area contributed by atoms with Gasteiger partial charge in [-0.25, -0.2) is 0 Å². The maximum absolute atomic E-state index is 12.1. The molecule has 0 bridgehead atoms. The zero-order valence-electron chi connectivity index (χ0n) is 10.1. The van der Waals surface area contributed by atoms with E-state index in [4.69, 9.17) is 0 Å². The van der Waals surface area contributed by atoms with Gasteiger partial charge in [-0.1, -0.05) is 24.8 Å². The highest BCUT2D eigenvalue weighted by molar-refractivity contribution is 6.14. The quantitative estimate of drug-likeness (QED) is 0.762. The Balaban J connectivity index is 2.22. The molecule has 1 aromatic heterocycles. The SMILES string of the molecule is C=C1C=C(C)C(=O)N1c1cccc2cccnc12. The number of pyridine rings is 1. The zero-order chi connectivity index (χ0) is 12.7. The van der Waals surface area contributed by atoms with E-state index in [1.807, 2.05) is 30.3 Å². The van der Waals surface area contributed by atoms with Crippen LogP contribution in [-0.2, 0) is 4.79 Å². The average Bonchev–Trinajstić information content (AvgIpc) is 2.63. The van der Waals surface area contributed by atoms with E-state index in [-0.39, 0.29) is 5.91 Å². The third-order valence-electron chi connectivity index (χ3n) is 3.06. The molecule has 0 saturated carbocycles. The molecular formula is C15H12N2O. The van der Waals surface area contributed by atoms with Crippen molar-refractivity contribution in [3.63, 3.8) is 0 Å². The predicted octanol–water partition coefficient (Wildman–Crippen LogP) is 3.04. The Morgan fingerprint density at radius 1 is 1.22 bits per heavy atom. The number of nitrogens with zero attached hydrogens (tertiary/aromatic N) is 2. The summed E-state index contributed by atoms with van der Waals surface area (Å²) in [4.78, 5) is 18.1. The minimum Gasteiger partial charge on any atom is -0.276 e. The van der Waals surface area contributed by atoms with Crippen LogP contribution in [0.15, 0.2) is 60.5 Å². The van der Waals surface area contributed by atoms with E-state index in [9.17, 15) is 4.79 Å². The van der Waals surface area contributed by atoms with Crippen LogP contribution in [0.3, 0.4) is 0 Å². The van der Waals surface area contributed by atoms with Gasteiger partial charge < -0.3 is 0 Å². The van der Waals surface area contributed by atoms with Crippen molar-refractivity contribution in [2.75, 3.05) is 4.90 Å². The van der Waals surface area contributed by atoms with Gasteiger partial charge in [0.15, 0.2) is 0 Å². The second-order valence-corrected chi connectivity index (χ2v) is 4.31. The first kappa shape index (κ1) is 10.7. The van der Waals surface area contributed by atoms with Crippen LogP contribution in [0.5, 0.6) is 0 Å². The molecular weight excluding hydrogens is 224 g/mol. The van der Waals surface area contributed by atoms with Crippen LogP contribution >= 0.6 is 0 Å². The van der Waals surface area contributed by atoms with Gasteiger partial charge in [-0.2, -0.15) is 0 Å². The fourth-order valence-corrected chi connectivity index (χ4v) is 2.22. The summed E-state index contributed by atoms with van der Waals surface area (Å²) < 4.78 is 0. The number of carbonyl (C=O) groups is 1. The topological polar surface area (TPSA) is 33.2 Å². The van der Waals surface area contributed by atoms with Crippen LogP contribution in [0.1, 0.15) is 6.92 Å². The van der Waals surface area contributed by atoms with Gasteiger partial charge in [-0.15, -0.1) is 0 Å². The number of aromatic nitrogens is 1. The molecule has 88 valence electrons. The molecule has 18 heavy (non-hydrogen) atoms. The number of fused-ring (bicyclic) bond motifs is 1. The van der Waals surface area contributed by atoms with Crippen LogP contribution < -0.4 is 4.90 Å². The predicted molar refractivity (Wildman–Crippen MR) is 72.1 cm³/mol. The normalized spacial score (nSPS) is 15.4. The number of allylic oxidation sites excluding steroid dienone is 1. The van der Waals surface area contributed by atoms with Crippen molar-refractivity contribution in [1.82, 2.24) is 4.98 Å². The van der Waals surface area contributed by atoms with Gasteiger partial charge >= 0.3 is 0 Å². The lowest BCUT2D eigenvalue weighted by Gasteiger charge is -2.19. The summed E-state index contributed by atoms with van der Waals surface area (Å²) in [5, 5.41) is 1.01. The molecule has 2 heterocycles. The highest BCUT2D eigenvalue weighted by Crippen LogP contribution is 2.32. The number of amides is 1. The Labute approximate surface area is 105 Å². The number of para-hydroxylation sites is 1. The van der Waals surface area contributed by atoms with Gasteiger partial charge in [0.25, 0.3) is 5.91 Å². The van der Waals surface area contributed by atoms with Gasteiger partial charge in [0.2, 0.25) is 0 Å². The van der Waals surface area contributed by atoms with Crippen molar-refractivity contribution < 1.29 is 4.79 Å². The Bertz CT molecular complexity index is 695. The lowest BCUT2D eigenvalue weighted by molar-refractivity contribution is -0.114. The van der Waals surface area contributed by atoms with Gasteiger partial charge in [0.1, 0.15) is 0 Å². The number of anilines is 1. The molecule has 0 unspecified atom stereocenters. The van der Waals surface area contributed by atoms with Crippen LogP contribution in [-0.4, -0.2) is 10.9 Å². The highest BCUT2D eigenvalue weighted by atomic mass is 16.2. The maximum Gasteiger partial charge on any atom is 0.258 e. The molecule has 2 aromatic rings. The van der Waals surface area contributed by atoms with Gasteiger partial charge in [0, 0.05) is 22.9 Å². The second-order valence-electron chi connectivity index (χ2n) is 4.31. The minimum atomic E-state index is -0.0295. The third kappa shape index (κ3) is 1.44. The number of benzene rings is 1. The fraction of sp³-hybridized carbons (Fsp3) is 0.0667. The first-order valence-electron chi connectivity index (χ1n) is 5.74. The van der Waals surface area contributed by atoms with E-state index in [1.165, 1.54) is 0 Å². The molecule has 0 aliphatic carbocycles. The van der Waals surface area contributed by atoms with Gasteiger partial charge in [-0.05, 0) is 25.1 Å². The Morgan fingerprint density at radius 3 is 2.72 bits per heavy atom. The van der Waals surface area contributed by atoms with E-state index in [2.05, 4.69) is 11.6 Å². The van der Waals surface area contributed by atoms with Crippen molar-refractivity contribution in [3.8, 4) is 0 Å². The molecule has 0 radical (unpaired) electrons. The molecule has 0 N–H and O–H groups in total. The highest BCUT2D eigenvalue weighted by Gasteiger charge is 2.26. The number of rotatable bonds is 1. The molecule has 0 spiro atoms. The molecule has 0 atom stereocenters. The lowest BCUT2D eigenvalue weighted by Crippen LogP contribution is -2.24. The molecule has 3 nitrogen and oxygen atoms in total. The van der Waals surface area contributed by atoms with Gasteiger partial charge in [-0.3, -0.25) is 14.7 Å². The van der Waals surface area contributed by atoms with E-state index < -0.39 is 0 Å². The number of hydrogen-bond donors (Lipinski definition) is 0. The Morgan fingerprint density at radius 2 is 2.00 bits per heavy atom. The second kappa shape index (κ2) is 3.81. The number of hydrogen-bond acceptors (Lipinski definition) is 2. The minimum absolute atomic E-state index is 0.0295. The summed E-state index contributed by atoms with van der Waals surface area (Å²) in [6, 6.07) is 9.67. The van der Waals surface area contributed by atoms with Crippen molar-refractivity contribution >= 4 is 22.5 Å². The standard InChI is InChI=1S/C15H12N2O/c1-10-9-11(2)17(15(10)18)13-7-3-5-12-6-4-8-16-14(12)13/h3-9H,2H2,1H3. The number of carbonyl (C=O) groups excluding carboxylic acids is 1. The average molecular weight is 236 g/mol. The largest absolute Gasteiger partial charge is 0.276 e. The van der Waals surface area contributed by atoms with E-state index >= 15 is 0 Å². The molecule has 0 saturated heterocycles. The van der Waals surface area contributed by atoms with Crippen molar-refractivity contribution in [3.05, 3.63) is 60.5 Å². The summed E-state index contributed by atoms with van der Waals surface area (Å²) in [6.07, 6.45) is 3.53. The van der Waals surface area contributed by atoms with Crippen LogP contribution in [0, 0.1) is 0 Å². The summed E-state index contributed by atoms with van der Waals surface area (Å²) in [6.45, 7) is 5.72.